The Morgan fingerprint density at radius 3 is 2.72 bits per heavy atom. The summed E-state index contributed by atoms with van der Waals surface area (Å²) in [7, 11) is 4.97. The molecule has 0 fully saturated rings. The number of ether oxygens (including phenoxy) is 2. The molecule has 9 heteroatoms. The topological polar surface area (TPSA) is 80.3 Å². The molecule has 0 saturated carbocycles. The Morgan fingerprint density at radius 1 is 1.21 bits per heavy atom. The second-order valence-corrected chi connectivity index (χ2v) is 7.96. The fourth-order valence-corrected chi connectivity index (χ4v) is 3.78. The SMILES string of the molecule is COc1ccc(-c2nc(SCC(=O)N(C)Cc3ccccc3Br)n[nH]2)c(OC)c1. The monoisotopic (exact) mass is 476 g/mol. The van der Waals surface area contributed by atoms with Gasteiger partial charge in [0, 0.05) is 24.1 Å². The maximum absolute atomic E-state index is 12.5. The zero-order valence-electron chi connectivity index (χ0n) is 16.3. The largest absolute Gasteiger partial charge is 0.497 e. The molecule has 1 N–H and O–H groups in total. The van der Waals surface area contributed by atoms with Crippen LogP contribution in [-0.4, -0.2) is 53.0 Å². The van der Waals surface area contributed by atoms with Crippen LogP contribution in [0.3, 0.4) is 0 Å². The average molecular weight is 477 g/mol. The molecule has 1 aromatic heterocycles. The van der Waals surface area contributed by atoms with Gasteiger partial charge in [-0.1, -0.05) is 45.9 Å². The maximum Gasteiger partial charge on any atom is 0.233 e. The Labute approximate surface area is 181 Å². The number of hydrogen-bond donors (Lipinski definition) is 1. The lowest BCUT2D eigenvalue weighted by Crippen LogP contribution is -2.27. The quantitative estimate of drug-likeness (QED) is 0.494. The van der Waals surface area contributed by atoms with E-state index in [-0.39, 0.29) is 11.7 Å². The standard InChI is InChI=1S/C20H21BrN4O3S/c1-25(11-13-6-4-5-7-16(13)21)18(26)12-29-20-22-19(23-24-20)15-9-8-14(27-2)10-17(15)28-3/h4-10H,11-12H2,1-3H3,(H,22,23,24). The molecule has 7 nitrogen and oxygen atoms in total. The van der Waals surface area contributed by atoms with Crippen LogP contribution in [0.25, 0.3) is 11.4 Å². The van der Waals surface area contributed by atoms with Crippen molar-refractivity contribution in [2.45, 2.75) is 11.7 Å². The second kappa shape index (κ2) is 9.80. The molecule has 1 heterocycles. The number of thioether (sulfide) groups is 1. The summed E-state index contributed by atoms with van der Waals surface area (Å²) in [5.74, 6) is 2.14. The first-order valence-electron chi connectivity index (χ1n) is 8.76. The van der Waals surface area contributed by atoms with Crippen LogP contribution in [-0.2, 0) is 11.3 Å². The molecule has 0 radical (unpaired) electrons. The number of aromatic nitrogens is 3. The maximum atomic E-state index is 12.5. The van der Waals surface area contributed by atoms with Crippen LogP contribution in [0.2, 0.25) is 0 Å². The highest BCUT2D eigenvalue weighted by molar-refractivity contribution is 9.10. The number of nitrogens with zero attached hydrogens (tertiary/aromatic N) is 3. The van der Waals surface area contributed by atoms with Crippen molar-refractivity contribution in [3.05, 3.63) is 52.5 Å². The van der Waals surface area contributed by atoms with Gasteiger partial charge in [-0.2, -0.15) is 0 Å². The Morgan fingerprint density at radius 2 is 2.00 bits per heavy atom. The van der Waals surface area contributed by atoms with Gasteiger partial charge >= 0.3 is 0 Å². The lowest BCUT2D eigenvalue weighted by atomic mass is 10.2. The number of halogens is 1. The lowest BCUT2D eigenvalue weighted by Gasteiger charge is -2.17. The van der Waals surface area contributed by atoms with Gasteiger partial charge in [-0.15, -0.1) is 5.10 Å². The molecule has 0 spiro atoms. The first kappa shape index (κ1) is 21.2. The summed E-state index contributed by atoms with van der Waals surface area (Å²) >= 11 is 4.80. The predicted molar refractivity (Wildman–Crippen MR) is 116 cm³/mol. The summed E-state index contributed by atoms with van der Waals surface area (Å²) in [6, 6.07) is 13.3. The average Bonchev–Trinajstić information content (AvgIpc) is 3.21. The number of methoxy groups -OCH3 is 2. The minimum absolute atomic E-state index is 0.000805. The van der Waals surface area contributed by atoms with Gasteiger partial charge < -0.3 is 14.4 Å². The molecule has 3 aromatic rings. The summed E-state index contributed by atoms with van der Waals surface area (Å²) in [5, 5.41) is 7.60. The van der Waals surface area contributed by atoms with Crippen molar-refractivity contribution >= 4 is 33.6 Å². The minimum Gasteiger partial charge on any atom is -0.497 e. The van der Waals surface area contributed by atoms with Crippen molar-refractivity contribution in [3.63, 3.8) is 0 Å². The van der Waals surface area contributed by atoms with Gasteiger partial charge in [0.2, 0.25) is 11.1 Å². The molecule has 0 saturated heterocycles. The summed E-state index contributed by atoms with van der Waals surface area (Å²) in [4.78, 5) is 18.6. The molecule has 152 valence electrons. The van der Waals surface area contributed by atoms with Crippen molar-refractivity contribution in [1.82, 2.24) is 20.1 Å². The molecule has 1 amide bonds. The van der Waals surface area contributed by atoms with Crippen LogP contribution < -0.4 is 9.47 Å². The van der Waals surface area contributed by atoms with Crippen molar-refractivity contribution in [2.24, 2.45) is 0 Å². The van der Waals surface area contributed by atoms with Gasteiger partial charge in [0.25, 0.3) is 0 Å². The fourth-order valence-electron chi connectivity index (χ4n) is 2.63. The zero-order chi connectivity index (χ0) is 20.8. The molecule has 0 aliphatic carbocycles. The normalized spacial score (nSPS) is 10.6. The van der Waals surface area contributed by atoms with E-state index in [1.54, 1.807) is 32.2 Å². The smallest absolute Gasteiger partial charge is 0.233 e. The number of nitrogens with one attached hydrogen (secondary N) is 1. The summed E-state index contributed by atoms with van der Waals surface area (Å²) in [5.41, 5.74) is 1.82. The first-order chi connectivity index (χ1) is 14.0. The third-order valence-electron chi connectivity index (χ3n) is 4.24. The van der Waals surface area contributed by atoms with Crippen molar-refractivity contribution < 1.29 is 14.3 Å². The van der Waals surface area contributed by atoms with E-state index in [0.717, 1.165) is 15.6 Å². The van der Waals surface area contributed by atoms with E-state index in [2.05, 4.69) is 31.1 Å². The molecule has 0 aliphatic rings. The summed E-state index contributed by atoms with van der Waals surface area (Å²) in [6.45, 7) is 0.531. The van der Waals surface area contributed by atoms with Crippen LogP contribution in [0.4, 0.5) is 0 Å². The number of rotatable bonds is 8. The first-order valence-corrected chi connectivity index (χ1v) is 10.5. The number of H-pyrrole nitrogens is 1. The second-order valence-electron chi connectivity index (χ2n) is 6.16. The van der Waals surface area contributed by atoms with Gasteiger partial charge in [-0.3, -0.25) is 9.89 Å². The Bertz CT molecular complexity index is 995. The highest BCUT2D eigenvalue weighted by Gasteiger charge is 2.15. The van der Waals surface area contributed by atoms with E-state index in [0.29, 0.717) is 29.0 Å². The highest BCUT2D eigenvalue weighted by atomic mass is 79.9. The third kappa shape index (κ3) is 5.30. The van der Waals surface area contributed by atoms with E-state index < -0.39 is 0 Å². The van der Waals surface area contributed by atoms with Crippen LogP contribution in [0.5, 0.6) is 11.5 Å². The Hall–Kier alpha value is -2.52. The number of carbonyl (C=O) groups excluding carboxylic acids is 1. The van der Waals surface area contributed by atoms with E-state index in [4.69, 9.17) is 9.47 Å². The third-order valence-corrected chi connectivity index (χ3v) is 5.85. The van der Waals surface area contributed by atoms with Crippen LogP contribution in [0.15, 0.2) is 52.1 Å². The highest BCUT2D eigenvalue weighted by Crippen LogP contribution is 2.32. The Balaban J connectivity index is 1.62. The predicted octanol–water partition coefficient (Wildman–Crippen LogP) is 4.00. The van der Waals surface area contributed by atoms with Crippen LogP contribution in [0.1, 0.15) is 5.56 Å². The van der Waals surface area contributed by atoms with Gasteiger partial charge in [-0.25, -0.2) is 4.98 Å². The van der Waals surface area contributed by atoms with Gasteiger partial charge in [-0.05, 0) is 23.8 Å². The van der Waals surface area contributed by atoms with E-state index >= 15 is 0 Å². The molecule has 0 bridgehead atoms. The summed E-state index contributed by atoms with van der Waals surface area (Å²) < 4.78 is 11.6. The van der Waals surface area contributed by atoms with Crippen molar-refractivity contribution in [3.8, 4) is 22.9 Å². The van der Waals surface area contributed by atoms with Gasteiger partial charge in [0.15, 0.2) is 5.82 Å². The molecular formula is C20H21BrN4O3S. The number of benzene rings is 2. The number of carbonyl (C=O) groups is 1. The number of hydrogen-bond acceptors (Lipinski definition) is 6. The van der Waals surface area contributed by atoms with Crippen molar-refractivity contribution in [1.29, 1.82) is 0 Å². The van der Waals surface area contributed by atoms with E-state index in [1.807, 2.05) is 36.4 Å². The van der Waals surface area contributed by atoms with Gasteiger partial charge in [0.05, 0.1) is 25.5 Å². The molecule has 0 unspecified atom stereocenters. The zero-order valence-corrected chi connectivity index (χ0v) is 18.7. The molecule has 0 atom stereocenters. The fraction of sp³-hybridized carbons (Fsp3) is 0.250. The minimum atomic E-state index is -0.000805. The van der Waals surface area contributed by atoms with Crippen LogP contribution in [0, 0.1) is 0 Å². The molecule has 29 heavy (non-hydrogen) atoms. The van der Waals surface area contributed by atoms with E-state index in [9.17, 15) is 4.79 Å². The Kier molecular flexibility index (Phi) is 7.16. The summed E-state index contributed by atoms with van der Waals surface area (Å²) in [6.07, 6.45) is 0. The van der Waals surface area contributed by atoms with Gasteiger partial charge in [0.1, 0.15) is 11.5 Å². The van der Waals surface area contributed by atoms with E-state index in [1.165, 1.54) is 11.8 Å². The molecule has 3 rings (SSSR count). The number of amides is 1. The molecule has 0 aliphatic heterocycles. The van der Waals surface area contributed by atoms with Crippen LogP contribution >= 0.6 is 27.7 Å². The lowest BCUT2D eigenvalue weighted by molar-refractivity contribution is -0.127. The number of aromatic amines is 1. The molecule has 2 aromatic carbocycles. The molecular weight excluding hydrogens is 456 g/mol. The van der Waals surface area contributed by atoms with Crippen molar-refractivity contribution in [2.75, 3.05) is 27.0 Å².